The molecule has 1 N–H and O–H groups in total. The molecule has 0 aromatic heterocycles. The van der Waals surface area contributed by atoms with Crippen LogP contribution >= 0.6 is 11.6 Å². The Kier molecular flexibility index (Phi) is 4.71. The molecule has 1 atom stereocenters. The quantitative estimate of drug-likeness (QED) is 0.863. The molecule has 2 rings (SSSR count). The van der Waals surface area contributed by atoms with Gasteiger partial charge in [0.1, 0.15) is 6.61 Å². The van der Waals surface area contributed by atoms with Gasteiger partial charge in [-0.05, 0) is 30.5 Å². The predicted molar refractivity (Wildman–Crippen MR) is 67.2 cm³/mol. The van der Waals surface area contributed by atoms with E-state index in [2.05, 4.69) is 5.32 Å². The summed E-state index contributed by atoms with van der Waals surface area (Å²) >= 11 is 5.86. The highest BCUT2D eigenvalue weighted by Gasteiger charge is 2.30. The first-order valence-electron chi connectivity index (χ1n) is 6.11. The van der Waals surface area contributed by atoms with E-state index in [0.717, 1.165) is 12.8 Å². The van der Waals surface area contributed by atoms with Crippen LogP contribution in [0.1, 0.15) is 24.5 Å². The zero-order chi connectivity index (χ0) is 13.9. The first kappa shape index (κ1) is 14.6. The Balaban J connectivity index is 1.99. The molecule has 19 heavy (non-hydrogen) atoms. The largest absolute Gasteiger partial charge is 0.411 e. The van der Waals surface area contributed by atoms with Crippen LogP contribution in [0.25, 0.3) is 0 Å². The van der Waals surface area contributed by atoms with Crippen molar-refractivity contribution < 1.29 is 17.9 Å². The van der Waals surface area contributed by atoms with Crippen LogP contribution in [0.4, 0.5) is 13.2 Å². The summed E-state index contributed by atoms with van der Waals surface area (Å²) in [5.41, 5.74) is 0.657. The van der Waals surface area contributed by atoms with Crippen LogP contribution in [0.2, 0.25) is 5.02 Å². The van der Waals surface area contributed by atoms with E-state index in [-0.39, 0.29) is 0 Å². The van der Waals surface area contributed by atoms with Crippen molar-refractivity contribution in [2.75, 3.05) is 13.2 Å². The molecule has 1 fully saturated rings. The molecule has 1 aliphatic rings. The fraction of sp³-hybridized carbons (Fsp3) is 0.538. The van der Waals surface area contributed by atoms with Gasteiger partial charge in [-0.2, -0.15) is 13.2 Å². The van der Waals surface area contributed by atoms with E-state index < -0.39 is 18.9 Å². The molecule has 0 heterocycles. The van der Waals surface area contributed by atoms with Crippen LogP contribution in [0.3, 0.4) is 0 Å². The second-order valence-corrected chi connectivity index (χ2v) is 5.09. The molecule has 1 aliphatic carbocycles. The van der Waals surface area contributed by atoms with Crippen molar-refractivity contribution in [3.8, 4) is 0 Å². The van der Waals surface area contributed by atoms with Crippen molar-refractivity contribution in [3.05, 3.63) is 34.9 Å². The fourth-order valence-corrected chi connectivity index (χ4v) is 1.93. The van der Waals surface area contributed by atoms with Crippen LogP contribution in [-0.2, 0) is 4.74 Å². The number of nitrogens with one attached hydrogen (secondary N) is 1. The molecule has 0 aliphatic heterocycles. The zero-order valence-corrected chi connectivity index (χ0v) is 11.0. The minimum Gasteiger partial charge on any atom is -0.363 e. The lowest BCUT2D eigenvalue weighted by molar-refractivity contribution is -0.185. The Labute approximate surface area is 114 Å². The number of hydrogen-bond donors (Lipinski definition) is 1. The Bertz CT molecular complexity index is 421. The number of halogens is 4. The summed E-state index contributed by atoms with van der Waals surface area (Å²) < 4.78 is 41.7. The van der Waals surface area contributed by atoms with Crippen molar-refractivity contribution in [1.29, 1.82) is 0 Å². The highest BCUT2D eigenvalue weighted by atomic mass is 35.5. The van der Waals surface area contributed by atoms with E-state index in [4.69, 9.17) is 16.3 Å². The molecule has 6 heteroatoms. The van der Waals surface area contributed by atoms with E-state index >= 15 is 0 Å². The molecule has 0 amide bonds. The molecular weight excluding hydrogens is 279 g/mol. The molecule has 0 saturated heterocycles. The van der Waals surface area contributed by atoms with Gasteiger partial charge in [0.25, 0.3) is 0 Å². The van der Waals surface area contributed by atoms with Gasteiger partial charge in [0.2, 0.25) is 0 Å². The number of rotatable bonds is 6. The minimum absolute atomic E-state index is 0.362. The minimum atomic E-state index is -4.32. The van der Waals surface area contributed by atoms with Gasteiger partial charge in [0.05, 0.1) is 6.10 Å². The third-order valence-corrected chi connectivity index (χ3v) is 3.07. The topological polar surface area (TPSA) is 21.3 Å². The van der Waals surface area contributed by atoms with E-state index in [1.54, 1.807) is 24.3 Å². The Hall–Kier alpha value is -0.780. The van der Waals surface area contributed by atoms with E-state index in [1.165, 1.54) is 0 Å². The third-order valence-electron chi connectivity index (χ3n) is 2.84. The summed E-state index contributed by atoms with van der Waals surface area (Å²) in [5.74, 6) is 0. The summed E-state index contributed by atoms with van der Waals surface area (Å²) in [7, 11) is 0. The fourth-order valence-electron chi connectivity index (χ4n) is 1.74. The molecule has 0 radical (unpaired) electrons. The highest BCUT2D eigenvalue weighted by molar-refractivity contribution is 6.30. The first-order chi connectivity index (χ1) is 8.94. The molecule has 2 nitrogen and oxygen atoms in total. The number of ether oxygens (including phenoxy) is 1. The van der Waals surface area contributed by atoms with Gasteiger partial charge in [0, 0.05) is 17.6 Å². The number of alkyl halides is 3. The van der Waals surface area contributed by atoms with Gasteiger partial charge in [-0.15, -0.1) is 0 Å². The van der Waals surface area contributed by atoms with Gasteiger partial charge in [-0.25, -0.2) is 0 Å². The van der Waals surface area contributed by atoms with Crippen molar-refractivity contribution in [2.24, 2.45) is 0 Å². The first-order valence-corrected chi connectivity index (χ1v) is 6.49. The highest BCUT2D eigenvalue weighted by Crippen LogP contribution is 2.26. The maximum atomic E-state index is 12.3. The number of benzene rings is 1. The monoisotopic (exact) mass is 293 g/mol. The van der Waals surface area contributed by atoms with Crippen LogP contribution in [0.15, 0.2) is 24.3 Å². The summed E-state index contributed by atoms with van der Waals surface area (Å²) in [5, 5.41) is 3.67. The molecular formula is C13H15ClF3NO. The normalized spacial score (nSPS) is 17.5. The molecule has 1 aromatic rings. The van der Waals surface area contributed by atoms with Gasteiger partial charge in [-0.3, -0.25) is 0 Å². The smallest absolute Gasteiger partial charge is 0.363 e. The average Bonchev–Trinajstić information content (AvgIpc) is 3.11. The van der Waals surface area contributed by atoms with E-state index in [0.29, 0.717) is 23.2 Å². The van der Waals surface area contributed by atoms with Gasteiger partial charge in [-0.1, -0.05) is 23.7 Å². The summed E-state index contributed by atoms with van der Waals surface area (Å²) in [6.45, 7) is -0.891. The molecule has 1 saturated carbocycles. The van der Waals surface area contributed by atoms with Crippen LogP contribution in [0, 0.1) is 0 Å². The van der Waals surface area contributed by atoms with Crippen LogP contribution in [0.5, 0.6) is 0 Å². The Morgan fingerprint density at radius 3 is 2.68 bits per heavy atom. The average molecular weight is 294 g/mol. The summed E-state index contributed by atoms with van der Waals surface area (Å²) in [6.07, 6.45) is -2.82. The van der Waals surface area contributed by atoms with Crippen molar-refractivity contribution >= 4 is 11.6 Å². The SMILES string of the molecule is FC(F)(F)COC(CNC1CC1)c1cccc(Cl)c1. The van der Waals surface area contributed by atoms with E-state index in [1.807, 2.05) is 0 Å². The Morgan fingerprint density at radius 1 is 1.37 bits per heavy atom. The van der Waals surface area contributed by atoms with Gasteiger partial charge in [0.15, 0.2) is 0 Å². The number of hydrogen-bond acceptors (Lipinski definition) is 2. The van der Waals surface area contributed by atoms with Crippen molar-refractivity contribution in [3.63, 3.8) is 0 Å². The van der Waals surface area contributed by atoms with Crippen LogP contribution in [-0.4, -0.2) is 25.4 Å². The second-order valence-electron chi connectivity index (χ2n) is 4.65. The van der Waals surface area contributed by atoms with Crippen LogP contribution < -0.4 is 5.32 Å². The van der Waals surface area contributed by atoms with Gasteiger partial charge < -0.3 is 10.1 Å². The lowest BCUT2D eigenvalue weighted by Gasteiger charge is -2.20. The zero-order valence-electron chi connectivity index (χ0n) is 10.2. The van der Waals surface area contributed by atoms with Crippen molar-refractivity contribution in [2.45, 2.75) is 31.2 Å². The Morgan fingerprint density at radius 2 is 2.11 bits per heavy atom. The second kappa shape index (κ2) is 6.11. The lowest BCUT2D eigenvalue weighted by atomic mass is 10.1. The predicted octanol–water partition coefficient (Wildman–Crippen LogP) is 3.71. The molecule has 0 spiro atoms. The maximum absolute atomic E-state index is 12.3. The maximum Gasteiger partial charge on any atom is 0.411 e. The molecule has 0 bridgehead atoms. The molecule has 106 valence electrons. The molecule has 1 aromatic carbocycles. The lowest BCUT2D eigenvalue weighted by Crippen LogP contribution is -2.28. The van der Waals surface area contributed by atoms with Gasteiger partial charge >= 0.3 is 6.18 Å². The molecule has 1 unspecified atom stereocenters. The van der Waals surface area contributed by atoms with E-state index in [9.17, 15) is 13.2 Å². The van der Waals surface area contributed by atoms with Crippen molar-refractivity contribution in [1.82, 2.24) is 5.32 Å². The third kappa shape index (κ3) is 5.38. The standard InChI is InChI=1S/C13H15ClF3NO/c14-10-3-1-2-9(6-10)12(7-18-11-4-5-11)19-8-13(15,16)17/h1-3,6,11-12,18H,4-5,7-8H2. The summed E-state index contributed by atoms with van der Waals surface area (Å²) in [4.78, 5) is 0. The summed E-state index contributed by atoms with van der Waals surface area (Å²) in [6, 6.07) is 7.16.